The van der Waals surface area contributed by atoms with Crippen LogP contribution in [0.1, 0.15) is 66.4 Å². The van der Waals surface area contributed by atoms with Gasteiger partial charge in [0.15, 0.2) is 11.6 Å². The lowest BCUT2D eigenvalue weighted by atomic mass is 10.1. The Labute approximate surface area is 218 Å². The van der Waals surface area contributed by atoms with Crippen molar-refractivity contribution in [1.29, 1.82) is 0 Å². The molecule has 3 atom stereocenters. The Morgan fingerprint density at radius 3 is 2.27 bits per heavy atom. The molecule has 2 fully saturated rings. The molecule has 2 aliphatic rings. The van der Waals surface area contributed by atoms with Crippen LogP contribution < -0.4 is 5.32 Å². The molecule has 204 valence electrons. The summed E-state index contributed by atoms with van der Waals surface area (Å²) >= 11 is 0. The Kier molecular flexibility index (Phi) is 8.71. The van der Waals surface area contributed by atoms with Crippen LogP contribution in [0.5, 0.6) is 0 Å². The number of carbonyl (C=O) groups excluding carboxylic acids is 4. The number of carbonyl (C=O) groups is 3. The van der Waals surface area contributed by atoms with E-state index in [1.54, 1.807) is 25.7 Å². The van der Waals surface area contributed by atoms with E-state index >= 15 is 0 Å². The molecule has 0 bridgehead atoms. The number of fused-ring (bicyclic) bond motifs is 1. The topological polar surface area (TPSA) is 119 Å². The molecule has 0 saturated carbocycles. The molecule has 1 aromatic carbocycles. The van der Waals surface area contributed by atoms with E-state index in [1.165, 1.54) is 4.90 Å². The third kappa shape index (κ3) is 8.10. The Morgan fingerprint density at radius 1 is 1.00 bits per heavy atom. The molecule has 0 spiro atoms. The molecule has 1 aromatic rings. The van der Waals surface area contributed by atoms with Gasteiger partial charge in [0.1, 0.15) is 18.2 Å². The zero-order chi connectivity index (χ0) is 27.4. The van der Waals surface area contributed by atoms with E-state index in [2.05, 4.69) is 5.32 Å². The fourth-order valence-electron chi connectivity index (χ4n) is 4.53. The number of rotatable bonds is 4. The van der Waals surface area contributed by atoms with Crippen LogP contribution in [0.25, 0.3) is 0 Å². The molecule has 3 amide bonds. The molecule has 2 heterocycles. The lowest BCUT2D eigenvalue weighted by molar-refractivity contribution is -0.137. The van der Waals surface area contributed by atoms with Gasteiger partial charge >= 0.3 is 18.2 Å². The van der Waals surface area contributed by atoms with Crippen molar-refractivity contribution >= 4 is 24.1 Å². The van der Waals surface area contributed by atoms with Crippen molar-refractivity contribution in [3.8, 4) is 0 Å². The highest BCUT2D eigenvalue weighted by Gasteiger charge is 2.50. The maximum absolute atomic E-state index is 13.8. The highest BCUT2D eigenvalue weighted by atomic mass is 16.6. The van der Waals surface area contributed by atoms with Gasteiger partial charge in [0.05, 0.1) is 6.54 Å². The molecular formula is C27H40N3O7+. The third-order valence-corrected chi connectivity index (χ3v) is 6.04. The van der Waals surface area contributed by atoms with E-state index < -0.39 is 41.4 Å². The quantitative estimate of drug-likeness (QED) is 0.370. The number of nitrogens with zero attached hydrogens (tertiary/aromatic N) is 2. The van der Waals surface area contributed by atoms with Crippen LogP contribution in [0.4, 0.5) is 9.59 Å². The number of hydrogen-bond donors (Lipinski definition) is 1. The summed E-state index contributed by atoms with van der Waals surface area (Å²) in [5.41, 5.74) is -0.562. The summed E-state index contributed by atoms with van der Waals surface area (Å²) in [6.07, 6.45) is 0.303. The largest absolute Gasteiger partial charge is 0.506 e. The van der Waals surface area contributed by atoms with Crippen LogP contribution in [0.3, 0.4) is 0 Å². The number of benzene rings is 1. The second-order valence-corrected chi connectivity index (χ2v) is 11.5. The molecule has 0 radical (unpaired) electrons. The minimum atomic E-state index is -1.09. The van der Waals surface area contributed by atoms with Crippen LogP contribution in [0, 0.1) is 0 Å². The smallest absolute Gasteiger partial charge is 0.445 e. The van der Waals surface area contributed by atoms with Gasteiger partial charge in [-0.1, -0.05) is 30.3 Å². The molecular weight excluding hydrogens is 478 g/mol. The normalized spacial score (nSPS) is 22.4. The average molecular weight is 519 g/mol. The van der Waals surface area contributed by atoms with Crippen molar-refractivity contribution in [1.82, 2.24) is 15.1 Å². The van der Waals surface area contributed by atoms with E-state index in [9.17, 15) is 19.2 Å². The first-order chi connectivity index (χ1) is 17.2. The van der Waals surface area contributed by atoms with Gasteiger partial charge in [-0.3, -0.25) is 4.79 Å². The first-order valence-electron chi connectivity index (χ1n) is 12.8. The van der Waals surface area contributed by atoms with Gasteiger partial charge in [-0.15, -0.1) is 0 Å². The number of alkyl carbamates (subject to hydrolysis) is 1. The van der Waals surface area contributed by atoms with Gasteiger partial charge in [0, 0.05) is 33.4 Å². The summed E-state index contributed by atoms with van der Waals surface area (Å²) in [4.78, 5) is 53.2. The van der Waals surface area contributed by atoms with Gasteiger partial charge < -0.3 is 34.1 Å². The molecule has 2 N–H and O–H groups in total. The highest BCUT2D eigenvalue weighted by molar-refractivity contribution is 5.91. The van der Waals surface area contributed by atoms with Crippen LogP contribution in [0.2, 0.25) is 0 Å². The number of hydrogen-bond acceptors (Lipinski definition) is 6. The predicted molar refractivity (Wildman–Crippen MR) is 137 cm³/mol. The maximum atomic E-state index is 13.8. The predicted octanol–water partition coefficient (Wildman–Crippen LogP) is 3.60. The second-order valence-electron chi connectivity index (χ2n) is 11.5. The summed E-state index contributed by atoms with van der Waals surface area (Å²) in [5.74, 6) is -0.637. The van der Waals surface area contributed by atoms with E-state index in [0.29, 0.717) is 25.8 Å². The molecule has 10 nitrogen and oxygen atoms in total. The summed E-state index contributed by atoms with van der Waals surface area (Å²) < 4.78 is 16.6. The SMILES string of the molecule is CC(C)(C)OC(=O)N[C@H]1CN(C(=O)OCc2ccccc2)CC[C@H]2CC[C@@H](C(=[OH+])OC(C)(C)C)N2C1=O. The van der Waals surface area contributed by atoms with E-state index in [0.717, 1.165) is 5.56 Å². The number of nitrogens with one attached hydrogen (secondary N) is 1. The third-order valence-electron chi connectivity index (χ3n) is 6.04. The highest BCUT2D eigenvalue weighted by Crippen LogP contribution is 2.31. The molecule has 3 rings (SSSR count). The minimum Gasteiger partial charge on any atom is -0.445 e. The number of esters is 1. The van der Waals surface area contributed by atoms with Crippen molar-refractivity contribution in [2.45, 2.75) is 96.7 Å². The van der Waals surface area contributed by atoms with E-state index in [-0.39, 0.29) is 25.2 Å². The fourth-order valence-corrected chi connectivity index (χ4v) is 4.53. The van der Waals surface area contributed by atoms with Crippen LogP contribution in [-0.4, -0.2) is 81.1 Å². The van der Waals surface area contributed by atoms with Gasteiger partial charge in [-0.2, -0.15) is 0 Å². The van der Waals surface area contributed by atoms with Gasteiger partial charge in [-0.25, -0.2) is 9.59 Å². The zero-order valence-electron chi connectivity index (χ0n) is 22.7. The average Bonchev–Trinajstić information content (AvgIpc) is 3.20. The second kappa shape index (κ2) is 11.4. The maximum Gasteiger partial charge on any atom is 0.506 e. The first kappa shape index (κ1) is 28.3. The van der Waals surface area contributed by atoms with Crippen molar-refractivity contribution < 1.29 is 33.4 Å². The molecule has 37 heavy (non-hydrogen) atoms. The number of ether oxygens (including phenoxy) is 3. The molecule has 10 heteroatoms. The van der Waals surface area contributed by atoms with Crippen molar-refractivity contribution in [2.75, 3.05) is 13.1 Å². The van der Waals surface area contributed by atoms with Crippen molar-refractivity contribution in [2.24, 2.45) is 0 Å². The summed E-state index contributed by atoms with van der Waals surface area (Å²) in [6, 6.07) is 7.34. The van der Waals surface area contributed by atoms with Crippen LogP contribution in [0.15, 0.2) is 30.3 Å². The van der Waals surface area contributed by atoms with Crippen LogP contribution in [-0.2, 0) is 25.6 Å². The number of amides is 3. The lowest BCUT2D eigenvalue weighted by Gasteiger charge is -2.37. The monoisotopic (exact) mass is 518 g/mol. The van der Waals surface area contributed by atoms with Crippen molar-refractivity contribution in [3.63, 3.8) is 0 Å². The zero-order valence-corrected chi connectivity index (χ0v) is 22.7. The fraction of sp³-hybridized carbons (Fsp3) is 0.630. The molecule has 2 aliphatic heterocycles. The Morgan fingerprint density at radius 2 is 1.65 bits per heavy atom. The van der Waals surface area contributed by atoms with Crippen molar-refractivity contribution in [3.05, 3.63) is 35.9 Å². The molecule has 0 aromatic heterocycles. The van der Waals surface area contributed by atoms with Gasteiger partial charge in [0.25, 0.3) is 0 Å². The first-order valence-corrected chi connectivity index (χ1v) is 12.8. The van der Waals surface area contributed by atoms with E-state index in [1.807, 2.05) is 51.1 Å². The summed E-state index contributed by atoms with van der Waals surface area (Å²) in [6.45, 7) is 10.9. The summed E-state index contributed by atoms with van der Waals surface area (Å²) in [5, 5.41) is 2.64. The van der Waals surface area contributed by atoms with Gasteiger partial charge in [0.2, 0.25) is 5.91 Å². The van der Waals surface area contributed by atoms with Gasteiger partial charge in [-0.05, 0) is 45.6 Å². The molecule has 0 aliphatic carbocycles. The van der Waals surface area contributed by atoms with Crippen LogP contribution >= 0.6 is 0 Å². The Balaban J connectivity index is 1.80. The lowest BCUT2D eigenvalue weighted by Crippen LogP contribution is -2.61. The standard InChI is InChI=1S/C27H39N3O7/c1-26(2,3)36-23(32)21-13-12-19-14-15-29(25(34)35-17-18-10-8-7-9-11-18)16-20(22(31)30(19)21)28-24(33)37-27(4,5)6/h7-11,19-21H,12-17H2,1-6H3,(H,28,33)/p+1/t19-,20+,21+/m1/s1. The summed E-state index contributed by atoms with van der Waals surface area (Å²) in [7, 11) is 0. The van der Waals surface area contributed by atoms with E-state index in [4.69, 9.17) is 14.2 Å². The molecule has 0 unspecified atom stereocenters. The minimum absolute atomic E-state index is 0.0947. The molecule has 2 saturated heterocycles. The Bertz CT molecular complexity index is 984. The Hall–Kier alpha value is -3.30.